The Balaban J connectivity index is 2.61. The van der Waals surface area contributed by atoms with Gasteiger partial charge in [0.25, 0.3) is 0 Å². The van der Waals surface area contributed by atoms with Crippen molar-refractivity contribution in [2.24, 2.45) is 0 Å². The molecular weight excluding hydrogens is 343 g/mol. The zero-order valence-corrected chi connectivity index (χ0v) is 12.2. The molecule has 1 aromatic carbocycles. The minimum absolute atomic E-state index is 0.000862. The largest absolute Gasteiger partial charge is 0.417 e. The summed E-state index contributed by atoms with van der Waals surface area (Å²) in [5.41, 5.74) is -0.369. The summed E-state index contributed by atoms with van der Waals surface area (Å²) in [5, 5.41) is 6.56. The number of hydrogen-bond acceptors (Lipinski definition) is 2. The van der Waals surface area contributed by atoms with Gasteiger partial charge in [0.05, 0.1) is 5.56 Å². The van der Waals surface area contributed by atoms with Gasteiger partial charge < -0.3 is 4.57 Å². The highest BCUT2D eigenvalue weighted by Gasteiger charge is 2.33. The van der Waals surface area contributed by atoms with E-state index in [-0.39, 0.29) is 4.47 Å². The third kappa shape index (κ3) is 2.74. The fourth-order valence-electron chi connectivity index (χ4n) is 1.71. The van der Waals surface area contributed by atoms with Gasteiger partial charge in [0, 0.05) is 16.6 Å². The van der Waals surface area contributed by atoms with Gasteiger partial charge in [-0.1, -0.05) is 22.0 Å². The van der Waals surface area contributed by atoms with Crippen molar-refractivity contribution >= 4 is 28.1 Å². The lowest BCUT2D eigenvalue weighted by molar-refractivity contribution is -0.138. The van der Waals surface area contributed by atoms with E-state index in [1.165, 1.54) is 6.07 Å². The van der Waals surface area contributed by atoms with Crippen LogP contribution in [-0.2, 0) is 12.7 Å². The molecule has 0 aliphatic heterocycles. The fourth-order valence-corrected chi connectivity index (χ4v) is 2.45. The van der Waals surface area contributed by atoms with Crippen LogP contribution in [0.25, 0.3) is 11.4 Å². The highest BCUT2D eigenvalue weighted by molar-refractivity contribution is 9.10. The quantitative estimate of drug-likeness (QED) is 0.813. The van der Waals surface area contributed by atoms with Crippen LogP contribution in [0.15, 0.2) is 22.7 Å². The van der Waals surface area contributed by atoms with Crippen molar-refractivity contribution in [1.29, 1.82) is 0 Å². The molecule has 0 spiro atoms. The molecule has 0 bridgehead atoms. The van der Waals surface area contributed by atoms with Gasteiger partial charge in [0.1, 0.15) is 0 Å². The van der Waals surface area contributed by atoms with E-state index in [1.54, 1.807) is 10.6 Å². The molecule has 0 atom stereocenters. The maximum absolute atomic E-state index is 12.8. The van der Waals surface area contributed by atoms with Crippen LogP contribution in [0.4, 0.5) is 13.2 Å². The van der Waals surface area contributed by atoms with Gasteiger partial charge >= 0.3 is 6.18 Å². The van der Waals surface area contributed by atoms with E-state index in [2.05, 4.69) is 26.1 Å². The van der Waals surface area contributed by atoms with Crippen molar-refractivity contribution in [1.82, 2.24) is 14.8 Å². The lowest BCUT2D eigenvalue weighted by Gasteiger charge is -2.11. The third-order valence-corrected chi connectivity index (χ3v) is 3.61. The zero-order valence-electron chi connectivity index (χ0n) is 9.75. The molecular formula is C11H9BrF3N3S. The Labute approximate surface area is 120 Å². The number of alkyl halides is 3. The van der Waals surface area contributed by atoms with Gasteiger partial charge in [-0.2, -0.15) is 18.3 Å². The first-order valence-electron chi connectivity index (χ1n) is 5.37. The van der Waals surface area contributed by atoms with Crippen LogP contribution in [0.1, 0.15) is 12.5 Å². The van der Waals surface area contributed by atoms with E-state index in [1.807, 2.05) is 6.92 Å². The van der Waals surface area contributed by atoms with Crippen LogP contribution in [-0.4, -0.2) is 14.8 Å². The molecule has 1 heterocycles. The van der Waals surface area contributed by atoms with E-state index in [0.717, 1.165) is 6.07 Å². The Bertz CT molecular complexity index is 660. The summed E-state index contributed by atoms with van der Waals surface area (Å²) in [7, 11) is 0. The Morgan fingerprint density at radius 2 is 2.11 bits per heavy atom. The zero-order chi connectivity index (χ0) is 14.2. The van der Waals surface area contributed by atoms with Crippen LogP contribution in [0.5, 0.6) is 0 Å². The summed E-state index contributed by atoms with van der Waals surface area (Å²) in [6.07, 6.45) is -4.42. The standard InChI is InChI=1S/C11H9BrF3N3S/c1-2-18-9(16-17-10(18)19)6-3-4-8(12)7(5-6)11(13,14)15/h3-5H,2H2,1H3,(H,17,19). The molecule has 0 aliphatic carbocycles. The van der Waals surface area contributed by atoms with Gasteiger partial charge in [-0.15, -0.1) is 0 Å². The first-order chi connectivity index (χ1) is 8.84. The van der Waals surface area contributed by atoms with Gasteiger partial charge in [-0.3, -0.25) is 5.10 Å². The van der Waals surface area contributed by atoms with E-state index in [9.17, 15) is 13.2 Å². The molecule has 2 rings (SSSR count). The molecule has 0 saturated carbocycles. The van der Waals surface area contributed by atoms with Crippen molar-refractivity contribution in [2.75, 3.05) is 0 Å². The highest BCUT2D eigenvalue weighted by atomic mass is 79.9. The number of nitrogens with one attached hydrogen (secondary N) is 1. The summed E-state index contributed by atoms with van der Waals surface area (Å²) in [4.78, 5) is 0. The Morgan fingerprint density at radius 3 is 2.68 bits per heavy atom. The Kier molecular flexibility index (Phi) is 3.82. The molecule has 0 amide bonds. The Hall–Kier alpha value is -1.15. The number of rotatable bonds is 2. The number of nitrogens with zero attached hydrogens (tertiary/aromatic N) is 2. The average molecular weight is 352 g/mol. The van der Waals surface area contributed by atoms with Crippen LogP contribution in [0.3, 0.4) is 0 Å². The second-order valence-electron chi connectivity index (χ2n) is 3.79. The number of aromatic amines is 1. The van der Waals surface area contributed by atoms with Gasteiger partial charge in [-0.05, 0) is 31.3 Å². The molecule has 19 heavy (non-hydrogen) atoms. The van der Waals surface area contributed by atoms with Crippen molar-refractivity contribution < 1.29 is 13.2 Å². The van der Waals surface area contributed by atoms with Crippen molar-refractivity contribution in [3.05, 3.63) is 33.0 Å². The predicted molar refractivity (Wildman–Crippen MR) is 71.2 cm³/mol. The number of aromatic nitrogens is 3. The van der Waals surface area contributed by atoms with Crippen molar-refractivity contribution in [3.8, 4) is 11.4 Å². The molecule has 0 aliphatic rings. The van der Waals surface area contributed by atoms with Crippen molar-refractivity contribution in [2.45, 2.75) is 19.6 Å². The van der Waals surface area contributed by atoms with Crippen molar-refractivity contribution in [3.63, 3.8) is 0 Å². The van der Waals surface area contributed by atoms with Crippen LogP contribution >= 0.6 is 28.1 Å². The first-order valence-corrected chi connectivity index (χ1v) is 6.57. The van der Waals surface area contributed by atoms with Gasteiger partial charge in [0.2, 0.25) is 0 Å². The van der Waals surface area contributed by atoms with Gasteiger partial charge in [0.15, 0.2) is 10.6 Å². The molecule has 0 saturated heterocycles. The molecule has 1 aromatic heterocycles. The molecule has 102 valence electrons. The maximum atomic E-state index is 12.8. The molecule has 2 aromatic rings. The van der Waals surface area contributed by atoms with Crippen LogP contribution in [0.2, 0.25) is 0 Å². The second-order valence-corrected chi connectivity index (χ2v) is 5.03. The maximum Gasteiger partial charge on any atom is 0.417 e. The Morgan fingerprint density at radius 1 is 1.42 bits per heavy atom. The lowest BCUT2D eigenvalue weighted by atomic mass is 10.1. The monoisotopic (exact) mass is 351 g/mol. The number of hydrogen-bond donors (Lipinski definition) is 1. The van der Waals surface area contributed by atoms with Gasteiger partial charge in [-0.25, -0.2) is 0 Å². The van der Waals surface area contributed by atoms with E-state index >= 15 is 0 Å². The number of H-pyrrole nitrogens is 1. The van der Waals surface area contributed by atoms with E-state index < -0.39 is 11.7 Å². The van der Waals surface area contributed by atoms with Crippen LogP contribution < -0.4 is 0 Å². The average Bonchev–Trinajstić information content (AvgIpc) is 2.69. The van der Waals surface area contributed by atoms with Crippen LogP contribution in [0, 0.1) is 4.77 Å². The highest BCUT2D eigenvalue weighted by Crippen LogP contribution is 2.37. The molecule has 8 heteroatoms. The lowest BCUT2D eigenvalue weighted by Crippen LogP contribution is -2.07. The summed E-state index contributed by atoms with van der Waals surface area (Å²) in [5.74, 6) is 0.394. The predicted octanol–water partition coefficient (Wildman–Crippen LogP) is 4.41. The topological polar surface area (TPSA) is 33.6 Å². The number of benzene rings is 1. The summed E-state index contributed by atoms with van der Waals surface area (Å²) in [6.45, 7) is 2.38. The first kappa shape index (κ1) is 14.3. The summed E-state index contributed by atoms with van der Waals surface area (Å²) >= 11 is 7.92. The smallest absolute Gasteiger partial charge is 0.300 e. The minimum atomic E-state index is -4.42. The normalized spacial score (nSPS) is 11.8. The minimum Gasteiger partial charge on any atom is -0.300 e. The fraction of sp³-hybridized carbons (Fsp3) is 0.273. The molecule has 0 unspecified atom stereocenters. The third-order valence-electron chi connectivity index (χ3n) is 2.60. The summed E-state index contributed by atoms with van der Waals surface area (Å²) < 4.78 is 40.6. The number of halogens is 4. The SMILES string of the molecule is CCn1c(-c2ccc(Br)c(C(F)(F)F)c2)n[nH]c1=S. The molecule has 1 N–H and O–H groups in total. The summed E-state index contributed by atoms with van der Waals surface area (Å²) in [6, 6.07) is 3.98. The molecule has 0 fully saturated rings. The second kappa shape index (κ2) is 5.09. The van der Waals surface area contributed by atoms with E-state index in [4.69, 9.17) is 12.2 Å². The molecule has 3 nitrogen and oxygen atoms in total. The molecule has 0 radical (unpaired) electrons. The van der Waals surface area contributed by atoms with E-state index in [0.29, 0.717) is 22.7 Å².